The van der Waals surface area contributed by atoms with E-state index in [0.717, 1.165) is 18.5 Å². The van der Waals surface area contributed by atoms with Gasteiger partial charge in [0.25, 0.3) is 0 Å². The second-order valence-corrected chi connectivity index (χ2v) is 6.47. The standard InChI is InChI=1S/C16H17Cl2N3O2.2ClH/c17-10-1-2-12(13(18)7-10)14-8-20-15(23-14)3-4-16(22)21-6-5-11(19)9-21;;/h1-2,7-8,11H,3-6,9,19H2;2*1H/t11-;;/m1../s1. The molecule has 0 unspecified atom stereocenters. The van der Waals surface area contributed by atoms with Crippen molar-refractivity contribution in [3.63, 3.8) is 0 Å². The summed E-state index contributed by atoms with van der Waals surface area (Å²) in [5, 5.41) is 1.07. The molecule has 0 radical (unpaired) electrons. The fourth-order valence-corrected chi connectivity index (χ4v) is 3.13. The molecule has 1 aliphatic heterocycles. The van der Waals surface area contributed by atoms with Crippen molar-refractivity contribution in [3.05, 3.63) is 40.3 Å². The van der Waals surface area contributed by atoms with Gasteiger partial charge in [0.15, 0.2) is 11.7 Å². The van der Waals surface area contributed by atoms with E-state index in [9.17, 15) is 4.79 Å². The van der Waals surface area contributed by atoms with Gasteiger partial charge in [-0.25, -0.2) is 4.98 Å². The van der Waals surface area contributed by atoms with E-state index in [1.165, 1.54) is 0 Å². The summed E-state index contributed by atoms with van der Waals surface area (Å²) < 4.78 is 5.69. The van der Waals surface area contributed by atoms with Crippen LogP contribution in [0.5, 0.6) is 0 Å². The largest absolute Gasteiger partial charge is 0.441 e. The molecule has 138 valence electrons. The third-order valence-electron chi connectivity index (χ3n) is 3.88. The Morgan fingerprint density at radius 1 is 1.36 bits per heavy atom. The highest BCUT2D eigenvalue weighted by molar-refractivity contribution is 6.36. The molecule has 1 saturated heterocycles. The summed E-state index contributed by atoms with van der Waals surface area (Å²) in [4.78, 5) is 18.1. The Labute approximate surface area is 168 Å². The molecule has 2 aromatic rings. The van der Waals surface area contributed by atoms with Gasteiger partial charge in [-0.05, 0) is 24.6 Å². The molecule has 0 bridgehead atoms. The van der Waals surface area contributed by atoms with Crippen molar-refractivity contribution in [2.75, 3.05) is 13.1 Å². The Kier molecular flexibility index (Phi) is 8.51. The van der Waals surface area contributed by atoms with Gasteiger partial charge in [0.05, 0.1) is 11.2 Å². The number of hydrogen-bond donors (Lipinski definition) is 1. The first kappa shape index (κ1) is 22.1. The molecule has 0 aliphatic carbocycles. The van der Waals surface area contributed by atoms with E-state index in [4.69, 9.17) is 33.4 Å². The lowest BCUT2D eigenvalue weighted by Crippen LogP contribution is -2.31. The number of oxazole rings is 1. The average Bonchev–Trinajstić information content (AvgIpc) is 3.14. The third kappa shape index (κ3) is 5.50. The van der Waals surface area contributed by atoms with Gasteiger partial charge in [-0.3, -0.25) is 4.79 Å². The number of likely N-dealkylation sites (tertiary alicyclic amines) is 1. The molecule has 1 aromatic heterocycles. The van der Waals surface area contributed by atoms with Gasteiger partial charge in [-0.1, -0.05) is 23.2 Å². The highest BCUT2D eigenvalue weighted by Gasteiger charge is 2.23. The van der Waals surface area contributed by atoms with Crippen molar-refractivity contribution in [3.8, 4) is 11.3 Å². The van der Waals surface area contributed by atoms with E-state index < -0.39 is 0 Å². The number of nitrogens with zero attached hydrogens (tertiary/aromatic N) is 2. The fraction of sp³-hybridized carbons (Fsp3) is 0.375. The molecule has 25 heavy (non-hydrogen) atoms. The van der Waals surface area contributed by atoms with Crippen LogP contribution < -0.4 is 5.73 Å². The minimum absolute atomic E-state index is 0. The number of amides is 1. The van der Waals surface area contributed by atoms with Crippen LogP contribution in [0.2, 0.25) is 10.0 Å². The highest BCUT2D eigenvalue weighted by Crippen LogP contribution is 2.30. The normalized spacial score (nSPS) is 16.3. The van der Waals surface area contributed by atoms with Gasteiger partial charge in [0.2, 0.25) is 5.91 Å². The maximum atomic E-state index is 12.1. The van der Waals surface area contributed by atoms with Crippen LogP contribution >= 0.6 is 48.0 Å². The summed E-state index contributed by atoms with van der Waals surface area (Å²) in [6, 6.07) is 5.27. The molecule has 5 nitrogen and oxygen atoms in total. The molecule has 1 aliphatic rings. The molecular weight excluding hydrogens is 408 g/mol. The van der Waals surface area contributed by atoms with Gasteiger partial charge < -0.3 is 15.1 Å². The number of aromatic nitrogens is 1. The highest BCUT2D eigenvalue weighted by atomic mass is 35.5. The lowest BCUT2D eigenvalue weighted by molar-refractivity contribution is -0.130. The molecule has 0 spiro atoms. The summed E-state index contributed by atoms with van der Waals surface area (Å²) in [6.07, 6.45) is 3.29. The molecule has 1 amide bonds. The molecule has 0 saturated carbocycles. The number of halogens is 4. The summed E-state index contributed by atoms with van der Waals surface area (Å²) in [6.45, 7) is 1.37. The Morgan fingerprint density at radius 3 is 2.76 bits per heavy atom. The van der Waals surface area contributed by atoms with Crippen molar-refractivity contribution in [2.45, 2.75) is 25.3 Å². The van der Waals surface area contributed by atoms with Crippen molar-refractivity contribution in [2.24, 2.45) is 5.73 Å². The van der Waals surface area contributed by atoms with Crippen molar-refractivity contribution < 1.29 is 9.21 Å². The van der Waals surface area contributed by atoms with E-state index in [2.05, 4.69) is 4.98 Å². The number of rotatable bonds is 4. The van der Waals surface area contributed by atoms with Gasteiger partial charge >= 0.3 is 0 Å². The third-order valence-corrected chi connectivity index (χ3v) is 4.43. The number of carbonyl (C=O) groups excluding carboxylic acids is 1. The molecule has 1 fully saturated rings. The smallest absolute Gasteiger partial charge is 0.223 e. The molecule has 2 heterocycles. The SMILES string of the molecule is Cl.Cl.N[C@@H]1CCN(C(=O)CCc2ncc(-c3ccc(Cl)cc3Cl)o2)C1. The Bertz CT molecular complexity index is 723. The zero-order valence-corrected chi connectivity index (χ0v) is 16.4. The minimum Gasteiger partial charge on any atom is -0.441 e. The zero-order chi connectivity index (χ0) is 16.4. The maximum absolute atomic E-state index is 12.1. The second kappa shape index (κ2) is 9.64. The first-order chi connectivity index (χ1) is 11.0. The molecule has 2 N–H and O–H groups in total. The predicted octanol–water partition coefficient (Wildman–Crippen LogP) is 3.98. The minimum atomic E-state index is 0. The number of carbonyl (C=O) groups is 1. The van der Waals surface area contributed by atoms with Crippen LogP contribution in [-0.2, 0) is 11.2 Å². The summed E-state index contributed by atoms with van der Waals surface area (Å²) in [5.41, 5.74) is 6.54. The van der Waals surface area contributed by atoms with Gasteiger partial charge in [0.1, 0.15) is 0 Å². The quantitative estimate of drug-likeness (QED) is 0.802. The monoisotopic (exact) mass is 425 g/mol. The molecule has 1 aromatic carbocycles. The molecule has 3 rings (SSSR count). The van der Waals surface area contributed by atoms with Crippen molar-refractivity contribution >= 4 is 53.9 Å². The number of aryl methyl sites for hydroxylation is 1. The Hall–Kier alpha value is -0.980. The molecular formula is C16H19Cl4N3O2. The Balaban J connectivity index is 0.00000156. The number of nitrogens with two attached hydrogens (primary N) is 1. The van der Waals surface area contributed by atoms with E-state index in [1.54, 1.807) is 29.3 Å². The summed E-state index contributed by atoms with van der Waals surface area (Å²) in [5.74, 6) is 1.17. The van der Waals surface area contributed by atoms with Crippen LogP contribution in [0, 0.1) is 0 Å². The number of benzene rings is 1. The predicted molar refractivity (Wildman–Crippen MR) is 104 cm³/mol. The van der Waals surface area contributed by atoms with E-state index >= 15 is 0 Å². The van der Waals surface area contributed by atoms with Crippen LogP contribution in [0.4, 0.5) is 0 Å². The van der Waals surface area contributed by atoms with Crippen LogP contribution in [-0.4, -0.2) is 34.9 Å². The zero-order valence-electron chi connectivity index (χ0n) is 13.3. The van der Waals surface area contributed by atoms with E-state index in [0.29, 0.717) is 41.1 Å². The lowest BCUT2D eigenvalue weighted by atomic mass is 10.2. The van der Waals surface area contributed by atoms with Crippen molar-refractivity contribution in [1.82, 2.24) is 9.88 Å². The fourth-order valence-electron chi connectivity index (χ4n) is 2.63. The molecule has 1 atom stereocenters. The van der Waals surface area contributed by atoms with Gasteiger partial charge in [-0.2, -0.15) is 0 Å². The van der Waals surface area contributed by atoms with Crippen molar-refractivity contribution in [1.29, 1.82) is 0 Å². The van der Waals surface area contributed by atoms with Gasteiger partial charge in [0, 0.05) is 42.6 Å². The van der Waals surface area contributed by atoms with Crippen LogP contribution in [0.15, 0.2) is 28.8 Å². The molecule has 9 heteroatoms. The topological polar surface area (TPSA) is 72.4 Å². The first-order valence-corrected chi connectivity index (χ1v) is 8.22. The summed E-state index contributed by atoms with van der Waals surface area (Å²) >= 11 is 12.0. The average molecular weight is 427 g/mol. The van der Waals surface area contributed by atoms with Crippen LogP contribution in [0.3, 0.4) is 0 Å². The Morgan fingerprint density at radius 2 is 2.12 bits per heavy atom. The van der Waals surface area contributed by atoms with Gasteiger partial charge in [-0.15, -0.1) is 24.8 Å². The number of hydrogen-bond acceptors (Lipinski definition) is 4. The van der Waals surface area contributed by atoms with E-state index in [1.807, 2.05) is 0 Å². The summed E-state index contributed by atoms with van der Waals surface area (Å²) in [7, 11) is 0. The second-order valence-electron chi connectivity index (χ2n) is 5.63. The van der Waals surface area contributed by atoms with Crippen LogP contribution in [0.1, 0.15) is 18.7 Å². The maximum Gasteiger partial charge on any atom is 0.223 e. The van der Waals surface area contributed by atoms with Crippen LogP contribution in [0.25, 0.3) is 11.3 Å². The lowest BCUT2D eigenvalue weighted by Gasteiger charge is -2.14. The van der Waals surface area contributed by atoms with E-state index in [-0.39, 0.29) is 36.8 Å². The first-order valence-electron chi connectivity index (χ1n) is 7.46.